The van der Waals surface area contributed by atoms with Gasteiger partial charge in [-0.1, -0.05) is 39.2 Å². The standard InChI is InChI=1S/C21H30O3.C6H12O2/c1-12(22)19-18(24)11-17-15-5-4-13-10-14(23)6-8-20(13,2)16(15)7-9-21(17,19)3;1-2-3-4-5-6(7)8/h10,15-19,24H,4-9,11H2,1-3H3;2-5H2,1H3,(H,7,8)/t15-,16+,17+,18?,19+,20+,21+;/m1./s1. The van der Waals surface area contributed by atoms with E-state index in [0.717, 1.165) is 57.8 Å². The summed E-state index contributed by atoms with van der Waals surface area (Å²) in [4.78, 5) is 33.9. The monoisotopic (exact) mass is 446 g/mol. The number of allylic oxidation sites excluding steroid dienone is 1. The normalized spacial score (nSPS) is 40.2. The van der Waals surface area contributed by atoms with Gasteiger partial charge in [0.1, 0.15) is 5.78 Å². The van der Waals surface area contributed by atoms with E-state index >= 15 is 0 Å². The first-order chi connectivity index (χ1) is 15.0. The van der Waals surface area contributed by atoms with Gasteiger partial charge < -0.3 is 10.2 Å². The molecule has 7 atom stereocenters. The Labute approximate surface area is 193 Å². The Bertz CT molecular complexity index is 770. The summed E-state index contributed by atoms with van der Waals surface area (Å²) in [5.74, 6) is 1.27. The van der Waals surface area contributed by atoms with Gasteiger partial charge in [-0.25, -0.2) is 0 Å². The molecule has 3 fully saturated rings. The SMILES string of the molecule is CC(=O)[C@H]1C(O)C[C@H]2[C@@H]3CCC4=CC(=O)CC[C@]4(C)[C@H]3CC[C@]12C.CCCCCC(=O)O. The number of hydrogen-bond donors (Lipinski definition) is 2. The number of aliphatic hydroxyl groups excluding tert-OH is 1. The maximum atomic E-state index is 12.2. The van der Waals surface area contributed by atoms with Gasteiger partial charge in [0, 0.05) is 18.8 Å². The molecule has 0 aromatic carbocycles. The molecule has 0 radical (unpaired) electrons. The fraction of sp³-hybridized carbons (Fsp3) is 0.815. The highest BCUT2D eigenvalue weighted by molar-refractivity contribution is 5.91. The average Bonchev–Trinajstić information content (AvgIpc) is 2.99. The number of carboxylic acid groups (broad SMARTS) is 1. The van der Waals surface area contributed by atoms with E-state index in [0.29, 0.717) is 36.4 Å². The Morgan fingerprint density at radius 3 is 2.44 bits per heavy atom. The lowest BCUT2D eigenvalue weighted by molar-refractivity contribution is -0.137. The van der Waals surface area contributed by atoms with E-state index in [2.05, 4.69) is 20.8 Å². The molecule has 0 aliphatic heterocycles. The zero-order valence-corrected chi connectivity index (χ0v) is 20.4. The summed E-state index contributed by atoms with van der Waals surface area (Å²) in [6, 6.07) is 0. The summed E-state index contributed by atoms with van der Waals surface area (Å²) in [5, 5.41) is 18.7. The van der Waals surface area contributed by atoms with Gasteiger partial charge in [0.15, 0.2) is 5.78 Å². The van der Waals surface area contributed by atoms with Gasteiger partial charge in [-0.05, 0) is 86.5 Å². The summed E-state index contributed by atoms with van der Waals surface area (Å²) >= 11 is 0. The number of carbonyl (C=O) groups is 3. The highest BCUT2D eigenvalue weighted by Crippen LogP contribution is 2.66. The molecule has 5 heteroatoms. The summed E-state index contributed by atoms with van der Waals surface area (Å²) < 4.78 is 0. The molecule has 0 amide bonds. The lowest BCUT2D eigenvalue weighted by Gasteiger charge is -2.57. The Morgan fingerprint density at radius 2 is 1.81 bits per heavy atom. The Hall–Kier alpha value is -1.49. The molecule has 4 aliphatic carbocycles. The summed E-state index contributed by atoms with van der Waals surface area (Å²) in [6.07, 6.45) is 11.5. The second-order valence-corrected chi connectivity index (χ2v) is 11.3. The number of unbranched alkanes of at least 4 members (excludes halogenated alkanes) is 2. The number of ketones is 2. The van der Waals surface area contributed by atoms with Crippen molar-refractivity contribution in [1.82, 2.24) is 0 Å². The van der Waals surface area contributed by atoms with Crippen LogP contribution < -0.4 is 0 Å². The highest BCUT2D eigenvalue weighted by Gasteiger charge is 2.62. The second kappa shape index (κ2) is 9.79. The number of aliphatic carboxylic acids is 1. The van der Waals surface area contributed by atoms with Gasteiger partial charge in [0.05, 0.1) is 6.10 Å². The minimum atomic E-state index is -0.682. The van der Waals surface area contributed by atoms with E-state index in [4.69, 9.17) is 5.11 Å². The summed E-state index contributed by atoms with van der Waals surface area (Å²) in [6.45, 7) is 8.35. The van der Waals surface area contributed by atoms with Crippen LogP contribution in [0, 0.1) is 34.5 Å². The van der Waals surface area contributed by atoms with Gasteiger partial charge >= 0.3 is 5.97 Å². The molecular formula is C27H42O5. The largest absolute Gasteiger partial charge is 0.481 e. The molecule has 32 heavy (non-hydrogen) atoms. The molecular weight excluding hydrogens is 404 g/mol. The number of carbonyl (C=O) groups excluding carboxylic acids is 2. The molecule has 5 nitrogen and oxygen atoms in total. The van der Waals surface area contributed by atoms with Crippen LogP contribution in [0.1, 0.15) is 98.3 Å². The number of fused-ring (bicyclic) bond motifs is 5. The van der Waals surface area contributed by atoms with Gasteiger partial charge in [0.25, 0.3) is 0 Å². The van der Waals surface area contributed by atoms with Crippen LogP contribution in [0.15, 0.2) is 11.6 Å². The van der Waals surface area contributed by atoms with Crippen molar-refractivity contribution in [2.24, 2.45) is 34.5 Å². The van der Waals surface area contributed by atoms with Crippen LogP contribution in [-0.2, 0) is 14.4 Å². The lowest BCUT2D eigenvalue weighted by Crippen LogP contribution is -2.51. The molecule has 0 heterocycles. The van der Waals surface area contributed by atoms with Gasteiger partial charge in [-0.3, -0.25) is 14.4 Å². The molecule has 0 saturated heterocycles. The van der Waals surface area contributed by atoms with Crippen LogP contribution in [-0.4, -0.2) is 33.9 Å². The molecule has 0 aromatic heterocycles. The fourth-order valence-corrected chi connectivity index (χ4v) is 7.83. The first kappa shape index (κ1) is 25.1. The minimum Gasteiger partial charge on any atom is -0.481 e. The molecule has 0 aromatic rings. The van der Waals surface area contributed by atoms with Gasteiger partial charge in [-0.15, -0.1) is 0 Å². The van der Waals surface area contributed by atoms with Crippen molar-refractivity contribution < 1.29 is 24.6 Å². The second-order valence-electron chi connectivity index (χ2n) is 11.3. The molecule has 2 N–H and O–H groups in total. The predicted octanol–water partition coefficient (Wildman–Crippen LogP) is 5.35. The molecule has 0 spiro atoms. The number of aliphatic hydroxyl groups is 1. The van der Waals surface area contributed by atoms with Crippen molar-refractivity contribution in [3.63, 3.8) is 0 Å². The Kier molecular flexibility index (Phi) is 7.69. The van der Waals surface area contributed by atoms with Crippen molar-refractivity contribution in [3.05, 3.63) is 11.6 Å². The van der Waals surface area contributed by atoms with Gasteiger partial charge in [0.2, 0.25) is 0 Å². The molecule has 0 bridgehead atoms. The van der Waals surface area contributed by atoms with E-state index in [1.54, 1.807) is 6.92 Å². The molecule has 180 valence electrons. The third-order valence-corrected chi connectivity index (χ3v) is 9.42. The molecule has 4 aliphatic rings. The van der Waals surface area contributed by atoms with Crippen molar-refractivity contribution in [2.45, 2.75) is 104 Å². The van der Waals surface area contributed by atoms with Crippen molar-refractivity contribution in [2.75, 3.05) is 0 Å². The lowest BCUT2D eigenvalue weighted by atomic mass is 9.46. The summed E-state index contributed by atoms with van der Waals surface area (Å²) in [7, 11) is 0. The minimum absolute atomic E-state index is 0.0333. The molecule has 1 unspecified atom stereocenters. The predicted molar refractivity (Wildman–Crippen MR) is 124 cm³/mol. The third-order valence-electron chi connectivity index (χ3n) is 9.42. The maximum Gasteiger partial charge on any atom is 0.303 e. The number of Topliss-reactive ketones (excluding diaryl/α,β-unsaturated/α-hetero) is 1. The number of rotatable bonds is 5. The van der Waals surface area contributed by atoms with Crippen LogP contribution in [0.25, 0.3) is 0 Å². The number of hydrogen-bond acceptors (Lipinski definition) is 4. The van der Waals surface area contributed by atoms with E-state index < -0.39 is 12.1 Å². The van der Waals surface area contributed by atoms with E-state index in [1.807, 2.05) is 6.08 Å². The summed E-state index contributed by atoms with van der Waals surface area (Å²) in [5.41, 5.74) is 1.51. The van der Waals surface area contributed by atoms with Crippen molar-refractivity contribution in [3.8, 4) is 0 Å². The smallest absolute Gasteiger partial charge is 0.303 e. The topological polar surface area (TPSA) is 91.7 Å². The average molecular weight is 447 g/mol. The van der Waals surface area contributed by atoms with Crippen LogP contribution in [0.4, 0.5) is 0 Å². The van der Waals surface area contributed by atoms with Crippen LogP contribution in [0.5, 0.6) is 0 Å². The zero-order valence-electron chi connectivity index (χ0n) is 20.4. The van der Waals surface area contributed by atoms with E-state index in [9.17, 15) is 19.5 Å². The van der Waals surface area contributed by atoms with Crippen molar-refractivity contribution >= 4 is 17.5 Å². The number of carboxylic acids is 1. The van der Waals surface area contributed by atoms with Crippen LogP contribution >= 0.6 is 0 Å². The maximum absolute atomic E-state index is 12.2. The van der Waals surface area contributed by atoms with Crippen LogP contribution in [0.2, 0.25) is 0 Å². The van der Waals surface area contributed by atoms with Gasteiger partial charge in [-0.2, -0.15) is 0 Å². The third kappa shape index (κ3) is 4.60. The highest BCUT2D eigenvalue weighted by atomic mass is 16.4. The molecule has 3 saturated carbocycles. The first-order valence-electron chi connectivity index (χ1n) is 12.7. The van der Waals surface area contributed by atoms with Crippen LogP contribution in [0.3, 0.4) is 0 Å². The Balaban J connectivity index is 0.000000312. The fourth-order valence-electron chi connectivity index (χ4n) is 7.83. The first-order valence-corrected chi connectivity index (χ1v) is 12.7. The zero-order chi connectivity index (χ0) is 23.7. The van der Waals surface area contributed by atoms with E-state index in [-0.39, 0.29) is 22.5 Å². The molecule has 4 rings (SSSR count). The quantitative estimate of drug-likeness (QED) is 0.556. The van der Waals surface area contributed by atoms with E-state index in [1.165, 1.54) is 5.57 Å². The van der Waals surface area contributed by atoms with Crippen molar-refractivity contribution in [1.29, 1.82) is 0 Å². The Morgan fingerprint density at radius 1 is 1.09 bits per heavy atom.